The molecule has 2 aromatic rings. The molecular weight excluding hydrogens is 483 g/mol. The highest BCUT2D eigenvalue weighted by atomic mass is 127. The molecule has 1 aliphatic carbocycles. The molecule has 0 atom stereocenters. The van der Waals surface area contributed by atoms with E-state index in [1.165, 1.54) is 23.3 Å². The lowest BCUT2D eigenvalue weighted by Crippen LogP contribution is -2.41. The van der Waals surface area contributed by atoms with Gasteiger partial charge in [0.2, 0.25) is 5.91 Å². The van der Waals surface area contributed by atoms with E-state index in [4.69, 9.17) is 0 Å². The molecule has 1 heterocycles. The number of guanidine groups is 1. The van der Waals surface area contributed by atoms with Gasteiger partial charge in [-0.15, -0.1) is 35.3 Å². The van der Waals surface area contributed by atoms with Crippen molar-refractivity contribution in [1.82, 2.24) is 15.5 Å². The number of thiophene rings is 1. The summed E-state index contributed by atoms with van der Waals surface area (Å²) in [4.78, 5) is 19.2. The van der Waals surface area contributed by atoms with E-state index in [0.29, 0.717) is 17.9 Å². The second-order valence-corrected chi connectivity index (χ2v) is 8.43. The molecule has 3 rings (SSSR count). The zero-order valence-electron chi connectivity index (χ0n) is 16.5. The molecule has 0 spiro atoms. The van der Waals surface area contributed by atoms with Gasteiger partial charge in [-0.25, -0.2) is 4.99 Å². The van der Waals surface area contributed by atoms with Crippen molar-refractivity contribution in [3.63, 3.8) is 0 Å². The van der Waals surface area contributed by atoms with Crippen LogP contribution in [0.1, 0.15) is 23.3 Å². The van der Waals surface area contributed by atoms with E-state index in [9.17, 15) is 4.79 Å². The SMILES string of the molecule is CN(C)C(=O)CN=C(NCc1cccs1)NCC1(Cc2ccccc2)CC1.I. The second-order valence-electron chi connectivity index (χ2n) is 7.40. The first-order valence-electron chi connectivity index (χ1n) is 9.35. The molecule has 0 saturated heterocycles. The highest BCUT2D eigenvalue weighted by molar-refractivity contribution is 14.0. The smallest absolute Gasteiger partial charge is 0.243 e. The van der Waals surface area contributed by atoms with Gasteiger partial charge in [-0.05, 0) is 41.7 Å². The van der Waals surface area contributed by atoms with Crippen molar-refractivity contribution in [3.8, 4) is 0 Å². The summed E-state index contributed by atoms with van der Waals surface area (Å²) in [5.41, 5.74) is 1.68. The molecule has 0 radical (unpaired) electrons. The van der Waals surface area contributed by atoms with Crippen molar-refractivity contribution in [3.05, 3.63) is 58.3 Å². The Bertz CT molecular complexity index is 758. The number of carbonyl (C=O) groups excluding carboxylic acids is 1. The molecule has 7 heteroatoms. The molecule has 2 N–H and O–H groups in total. The molecule has 152 valence electrons. The maximum absolute atomic E-state index is 11.9. The molecule has 1 fully saturated rings. The molecule has 28 heavy (non-hydrogen) atoms. The van der Waals surface area contributed by atoms with Gasteiger partial charge in [0.05, 0.1) is 6.54 Å². The number of rotatable bonds is 8. The molecule has 1 amide bonds. The summed E-state index contributed by atoms with van der Waals surface area (Å²) < 4.78 is 0. The van der Waals surface area contributed by atoms with E-state index in [0.717, 1.165) is 13.0 Å². The quantitative estimate of drug-likeness (QED) is 0.324. The van der Waals surface area contributed by atoms with Crippen LogP contribution in [0.5, 0.6) is 0 Å². The molecule has 0 aliphatic heterocycles. The fraction of sp³-hybridized carbons (Fsp3) is 0.429. The molecule has 5 nitrogen and oxygen atoms in total. The van der Waals surface area contributed by atoms with E-state index in [2.05, 4.69) is 57.4 Å². The molecular formula is C21H29IN4OS. The lowest BCUT2D eigenvalue weighted by atomic mass is 9.96. The van der Waals surface area contributed by atoms with Crippen LogP contribution in [0.25, 0.3) is 0 Å². The van der Waals surface area contributed by atoms with Gasteiger partial charge in [0.15, 0.2) is 5.96 Å². The lowest BCUT2D eigenvalue weighted by Gasteiger charge is -2.19. The number of halogens is 1. The summed E-state index contributed by atoms with van der Waals surface area (Å²) in [6.07, 6.45) is 3.53. The van der Waals surface area contributed by atoms with Gasteiger partial charge in [-0.1, -0.05) is 36.4 Å². The number of benzene rings is 1. The average Bonchev–Trinajstić information content (AvgIpc) is 3.22. The Balaban J connectivity index is 0.00000280. The van der Waals surface area contributed by atoms with Crippen molar-refractivity contribution in [2.24, 2.45) is 10.4 Å². The van der Waals surface area contributed by atoms with Crippen LogP contribution in [0, 0.1) is 5.41 Å². The molecule has 1 saturated carbocycles. The summed E-state index contributed by atoms with van der Waals surface area (Å²) in [5, 5.41) is 8.90. The van der Waals surface area contributed by atoms with Crippen molar-refractivity contribution in [2.75, 3.05) is 27.2 Å². The number of hydrogen-bond acceptors (Lipinski definition) is 3. The van der Waals surface area contributed by atoms with Crippen molar-refractivity contribution in [1.29, 1.82) is 0 Å². The first-order valence-corrected chi connectivity index (χ1v) is 10.2. The molecule has 1 aromatic carbocycles. The van der Waals surface area contributed by atoms with Gasteiger partial charge in [-0.2, -0.15) is 0 Å². The minimum Gasteiger partial charge on any atom is -0.356 e. The van der Waals surface area contributed by atoms with E-state index < -0.39 is 0 Å². The summed E-state index contributed by atoms with van der Waals surface area (Å²) in [6.45, 7) is 1.73. The average molecular weight is 512 g/mol. The second kappa shape index (κ2) is 10.8. The van der Waals surface area contributed by atoms with Crippen LogP contribution in [-0.4, -0.2) is 44.0 Å². The van der Waals surface area contributed by atoms with E-state index in [1.807, 2.05) is 6.07 Å². The Morgan fingerprint density at radius 3 is 2.50 bits per heavy atom. The first-order chi connectivity index (χ1) is 13.1. The molecule has 0 unspecified atom stereocenters. The first kappa shape index (κ1) is 22.7. The third kappa shape index (κ3) is 7.09. The summed E-state index contributed by atoms with van der Waals surface area (Å²) in [6, 6.07) is 14.8. The van der Waals surface area contributed by atoms with E-state index in [1.54, 1.807) is 30.3 Å². The number of amides is 1. The maximum Gasteiger partial charge on any atom is 0.243 e. The van der Waals surface area contributed by atoms with Gasteiger partial charge in [0, 0.05) is 25.5 Å². The van der Waals surface area contributed by atoms with Gasteiger partial charge in [0.1, 0.15) is 6.54 Å². The van der Waals surface area contributed by atoms with Crippen molar-refractivity contribution < 1.29 is 4.79 Å². The highest BCUT2D eigenvalue weighted by Crippen LogP contribution is 2.47. The third-order valence-electron chi connectivity index (χ3n) is 4.89. The van der Waals surface area contributed by atoms with Gasteiger partial charge >= 0.3 is 0 Å². The number of nitrogens with one attached hydrogen (secondary N) is 2. The Hall–Kier alpha value is -1.61. The fourth-order valence-corrected chi connectivity index (χ4v) is 3.58. The van der Waals surface area contributed by atoms with Crippen molar-refractivity contribution >= 4 is 47.2 Å². The van der Waals surface area contributed by atoms with Gasteiger partial charge in [-0.3, -0.25) is 4.79 Å². The monoisotopic (exact) mass is 512 g/mol. The molecule has 1 aliphatic rings. The Morgan fingerprint density at radius 1 is 1.14 bits per heavy atom. The van der Waals surface area contributed by atoms with Gasteiger partial charge in [0.25, 0.3) is 0 Å². The fourth-order valence-electron chi connectivity index (χ4n) is 2.94. The van der Waals surface area contributed by atoms with Crippen molar-refractivity contribution in [2.45, 2.75) is 25.8 Å². The zero-order chi connectivity index (χ0) is 19.1. The van der Waals surface area contributed by atoms with Crippen LogP contribution in [0.4, 0.5) is 0 Å². The Morgan fingerprint density at radius 2 is 1.89 bits per heavy atom. The number of likely N-dealkylation sites (N-methyl/N-ethyl adjacent to an activating group) is 1. The number of hydrogen-bond donors (Lipinski definition) is 2. The Kier molecular flexibility index (Phi) is 8.75. The van der Waals surface area contributed by atoms with E-state index in [-0.39, 0.29) is 36.4 Å². The number of aliphatic imine (C=N–C) groups is 1. The third-order valence-corrected chi connectivity index (χ3v) is 5.77. The minimum absolute atomic E-state index is 0. The number of carbonyl (C=O) groups is 1. The van der Waals surface area contributed by atoms with Crippen LogP contribution < -0.4 is 10.6 Å². The zero-order valence-corrected chi connectivity index (χ0v) is 19.6. The van der Waals surface area contributed by atoms with Crippen LogP contribution >= 0.6 is 35.3 Å². The standard InChI is InChI=1S/C21H28N4OS.HI/c1-25(2)19(26)15-23-20(22-14-18-9-6-12-27-18)24-16-21(10-11-21)13-17-7-4-3-5-8-17;/h3-9,12H,10-11,13-16H2,1-2H3,(H2,22,23,24);1H. The summed E-state index contributed by atoms with van der Waals surface area (Å²) in [7, 11) is 3.51. The molecule has 0 bridgehead atoms. The summed E-state index contributed by atoms with van der Waals surface area (Å²) in [5.74, 6) is 0.704. The van der Waals surface area contributed by atoms with E-state index >= 15 is 0 Å². The number of nitrogens with zero attached hydrogens (tertiary/aromatic N) is 2. The highest BCUT2D eigenvalue weighted by Gasteiger charge is 2.42. The normalized spacial score (nSPS) is 14.7. The lowest BCUT2D eigenvalue weighted by molar-refractivity contribution is -0.127. The Labute approximate surface area is 188 Å². The van der Waals surface area contributed by atoms with Crippen LogP contribution in [0.2, 0.25) is 0 Å². The van der Waals surface area contributed by atoms with Crippen LogP contribution in [0.3, 0.4) is 0 Å². The van der Waals surface area contributed by atoms with Gasteiger partial charge < -0.3 is 15.5 Å². The predicted octanol–water partition coefficient (Wildman–Crippen LogP) is 3.51. The predicted molar refractivity (Wildman–Crippen MR) is 127 cm³/mol. The summed E-state index contributed by atoms with van der Waals surface area (Å²) >= 11 is 1.71. The topological polar surface area (TPSA) is 56.7 Å². The van der Waals surface area contributed by atoms with Crippen LogP contribution in [0.15, 0.2) is 52.8 Å². The largest absolute Gasteiger partial charge is 0.356 e. The molecule has 1 aromatic heterocycles. The van der Waals surface area contributed by atoms with Crippen LogP contribution in [-0.2, 0) is 17.8 Å². The minimum atomic E-state index is -0.00218. The maximum atomic E-state index is 11.9.